The monoisotopic (exact) mass is 210 g/mol. The van der Waals surface area contributed by atoms with E-state index >= 15 is 0 Å². The van der Waals surface area contributed by atoms with Crippen molar-refractivity contribution in [3.63, 3.8) is 0 Å². The van der Waals surface area contributed by atoms with Crippen molar-refractivity contribution in [2.24, 2.45) is 0 Å². The third-order valence-electron chi connectivity index (χ3n) is 0.506. The molecule has 70 valence electrons. The summed E-state index contributed by atoms with van der Waals surface area (Å²) in [6.07, 6.45) is -15.7. The van der Waals surface area contributed by atoms with Crippen molar-refractivity contribution in [1.82, 2.24) is 0 Å². The van der Waals surface area contributed by atoms with Crippen LogP contribution >= 0.6 is 0 Å². The predicted molar refractivity (Wildman–Crippen MR) is 19.2 cm³/mol. The fourth-order valence-corrected chi connectivity index (χ4v) is 0.199. The molecule has 0 fully saturated rings. The second kappa shape index (κ2) is 4.64. The van der Waals surface area contributed by atoms with Crippen molar-refractivity contribution < 1.29 is 66.5 Å². The molecular weight excluding hydrogens is 208 g/mol. The van der Waals surface area contributed by atoms with Gasteiger partial charge in [-0.2, -0.15) is 8.78 Å². The van der Waals surface area contributed by atoms with Crippen LogP contribution in [0.5, 0.6) is 0 Å². The summed E-state index contributed by atoms with van der Waals surface area (Å²) < 4.78 is 79.1. The number of halogens is 7. The summed E-state index contributed by atoms with van der Waals surface area (Å²) in [4.78, 5) is 0. The summed E-state index contributed by atoms with van der Waals surface area (Å²) in [5.74, 6) is 0. The van der Waals surface area contributed by atoms with Gasteiger partial charge in [0.2, 0.25) is 0 Å². The summed E-state index contributed by atoms with van der Waals surface area (Å²) in [5.41, 5.74) is 0. The molecule has 0 aliphatic heterocycles. The van der Waals surface area contributed by atoms with Crippen molar-refractivity contribution in [2.45, 2.75) is 18.9 Å². The molecule has 9 heteroatoms. The summed E-state index contributed by atoms with van der Waals surface area (Å²) >= 11 is 0. The van der Waals surface area contributed by atoms with Crippen LogP contribution in [0.2, 0.25) is 0 Å². The van der Waals surface area contributed by atoms with Gasteiger partial charge in [0.05, 0.1) is 0 Å². The molecule has 0 bridgehead atoms. The minimum atomic E-state index is -5.76. The summed E-state index contributed by atoms with van der Waals surface area (Å²) in [6.45, 7) is 0. The number of ether oxygens (including phenoxy) is 1. The van der Waals surface area contributed by atoms with Gasteiger partial charge in [-0.1, -0.05) is 0 Å². The summed E-state index contributed by atoms with van der Waals surface area (Å²) in [5, 5.41) is 0. The Labute approximate surface area is 85.6 Å². The van der Waals surface area contributed by atoms with Gasteiger partial charge in [-0.25, -0.2) is 13.5 Å². The van der Waals surface area contributed by atoms with Crippen molar-refractivity contribution >= 4 is 0 Å². The molecule has 0 N–H and O–H groups in total. The first-order valence-corrected chi connectivity index (χ1v) is 2.08. The standard InChI is InChI=1S/C3HF7O.Na.H/c4-1(5)2(6,7)11-3(8,9)10;;/h1H;;/q;+1;-1. The van der Waals surface area contributed by atoms with E-state index in [1.165, 1.54) is 0 Å². The normalized spacial score (nSPS) is 13.0. The first kappa shape index (κ1) is 15.0. The Hall–Kier alpha value is 0.470. The summed E-state index contributed by atoms with van der Waals surface area (Å²) in [7, 11) is 0. The van der Waals surface area contributed by atoms with E-state index in [0.29, 0.717) is 0 Å². The van der Waals surface area contributed by atoms with E-state index in [4.69, 9.17) is 0 Å². The van der Waals surface area contributed by atoms with Gasteiger partial charge in [0, 0.05) is 0 Å². The molecule has 0 aromatic heterocycles. The molecule has 0 saturated heterocycles. The van der Waals surface area contributed by atoms with E-state index < -0.39 is 18.9 Å². The van der Waals surface area contributed by atoms with Gasteiger partial charge in [-0.05, 0) is 0 Å². The Morgan fingerprint density at radius 2 is 1.33 bits per heavy atom. The molecule has 0 heterocycles. The van der Waals surface area contributed by atoms with Crippen LogP contribution in [0.4, 0.5) is 30.7 Å². The van der Waals surface area contributed by atoms with Crippen LogP contribution in [-0.4, -0.2) is 18.9 Å². The van der Waals surface area contributed by atoms with Gasteiger partial charge in [0.25, 0.3) is 0 Å². The average Bonchev–Trinajstić information content (AvgIpc) is 1.56. The maximum absolute atomic E-state index is 11.4. The number of hydrogen-bond acceptors (Lipinski definition) is 1. The maximum Gasteiger partial charge on any atom is 1.00 e. The second-order valence-electron chi connectivity index (χ2n) is 1.41. The second-order valence-corrected chi connectivity index (χ2v) is 1.41. The largest absolute Gasteiger partial charge is 1.00 e. The molecule has 0 aliphatic rings. The molecule has 0 rings (SSSR count). The fraction of sp³-hybridized carbons (Fsp3) is 1.00. The van der Waals surface area contributed by atoms with Crippen molar-refractivity contribution in [3.05, 3.63) is 0 Å². The smallest absolute Gasteiger partial charge is 1.00 e. The van der Waals surface area contributed by atoms with E-state index in [1.54, 1.807) is 4.74 Å². The van der Waals surface area contributed by atoms with Crippen molar-refractivity contribution in [1.29, 1.82) is 0 Å². The molecule has 0 radical (unpaired) electrons. The quantitative estimate of drug-likeness (QED) is 0.441. The third kappa shape index (κ3) is 6.04. The minimum absolute atomic E-state index is 0. The zero-order valence-corrected chi connectivity index (χ0v) is 7.63. The molecule has 0 saturated carbocycles. The number of hydrogen-bond donors (Lipinski definition) is 0. The Balaban J connectivity index is -0.000000500. The molecule has 0 unspecified atom stereocenters. The molecule has 12 heavy (non-hydrogen) atoms. The molecular formula is C3H2F7NaO. The van der Waals surface area contributed by atoms with Gasteiger partial charge in [-0.15, -0.1) is 13.2 Å². The Morgan fingerprint density at radius 3 is 1.42 bits per heavy atom. The average molecular weight is 210 g/mol. The van der Waals surface area contributed by atoms with Crippen LogP contribution < -0.4 is 29.6 Å². The third-order valence-corrected chi connectivity index (χ3v) is 0.506. The van der Waals surface area contributed by atoms with E-state index in [0.717, 1.165) is 0 Å². The van der Waals surface area contributed by atoms with E-state index in [1.807, 2.05) is 0 Å². The maximum atomic E-state index is 11.4. The van der Waals surface area contributed by atoms with Gasteiger partial charge >= 0.3 is 48.5 Å². The molecule has 0 spiro atoms. The van der Waals surface area contributed by atoms with Crippen LogP contribution in [0.3, 0.4) is 0 Å². The predicted octanol–water partition coefficient (Wildman–Crippen LogP) is -0.503. The Bertz CT molecular complexity index is 136. The van der Waals surface area contributed by atoms with Crippen LogP contribution in [0, 0.1) is 0 Å². The zero-order valence-electron chi connectivity index (χ0n) is 6.63. The van der Waals surface area contributed by atoms with Crippen LogP contribution in [0.15, 0.2) is 0 Å². The Morgan fingerprint density at radius 1 is 1.00 bits per heavy atom. The molecule has 0 aromatic carbocycles. The topological polar surface area (TPSA) is 9.23 Å². The first-order chi connectivity index (χ1) is 4.65. The molecule has 0 atom stereocenters. The van der Waals surface area contributed by atoms with Crippen LogP contribution in [0.1, 0.15) is 1.43 Å². The minimum Gasteiger partial charge on any atom is -1.00 e. The van der Waals surface area contributed by atoms with Gasteiger partial charge in [0.15, 0.2) is 0 Å². The van der Waals surface area contributed by atoms with E-state index in [2.05, 4.69) is 0 Å². The first-order valence-electron chi connectivity index (χ1n) is 2.08. The van der Waals surface area contributed by atoms with Gasteiger partial charge in [0.1, 0.15) is 0 Å². The molecule has 0 aromatic rings. The van der Waals surface area contributed by atoms with Crippen LogP contribution in [0.25, 0.3) is 0 Å². The van der Waals surface area contributed by atoms with Crippen molar-refractivity contribution in [2.75, 3.05) is 0 Å². The number of rotatable bonds is 2. The fourth-order valence-electron chi connectivity index (χ4n) is 0.199. The van der Waals surface area contributed by atoms with E-state index in [9.17, 15) is 30.7 Å². The van der Waals surface area contributed by atoms with Crippen LogP contribution in [-0.2, 0) is 4.74 Å². The zero-order chi connectivity index (χ0) is 9.28. The molecule has 1 nitrogen and oxygen atoms in total. The van der Waals surface area contributed by atoms with E-state index in [-0.39, 0.29) is 31.0 Å². The Kier molecular flexibility index (Phi) is 5.78. The van der Waals surface area contributed by atoms with Gasteiger partial charge < -0.3 is 1.43 Å². The molecule has 0 aliphatic carbocycles. The summed E-state index contributed by atoms with van der Waals surface area (Å²) in [6, 6.07) is 0. The van der Waals surface area contributed by atoms with Crippen molar-refractivity contribution in [3.8, 4) is 0 Å². The SMILES string of the molecule is FC(F)C(F)(F)OC(F)(F)F.[H-].[Na+]. The van der Waals surface area contributed by atoms with Gasteiger partial charge in [-0.3, -0.25) is 0 Å². The number of alkyl halides is 7. The molecule has 0 amide bonds.